The molecular weight excluding hydrogens is 267 g/mol. The number of benzene rings is 1. The van der Waals surface area contributed by atoms with Gasteiger partial charge in [0.05, 0.1) is 12.1 Å². The summed E-state index contributed by atoms with van der Waals surface area (Å²) in [5, 5.41) is 14.7. The van der Waals surface area contributed by atoms with Gasteiger partial charge in [-0.3, -0.25) is 9.59 Å². The Morgan fingerprint density at radius 1 is 1.50 bits per heavy atom. The fourth-order valence-electron chi connectivity index (χ4n) is 1.76. The van der Waals surface area contributed by atoms with Crippen LogP contribution in [0.15, 0.2) is 29.4 Å². The predicted molar refractivity (Wildman–Crippen MR) is 67.7 cm³/mol. The van der Waals surface area contributed by atoms with Crippen LogP contribution in [0.1, 0.15) is 18.4 Å². The van der Waals surface area contributed by atoms with Crippen LogP contribution in [-0.2, 0) is 14.4 Å². The molecule has 0 aliphatic carbocycles. The van der Waals surface area contributed by atoms with Crippen molar-refractivity contribution < 1.29 is 23.9 Å². The number of nitrogens with zero attached hydrogens (tertiary/aromatic N) is 1. The number of rotatable bonds is 5. The van der Waals surface area contributed by atoms with Crippen LogP contribution in [0.2, 0.25) is 0 Å². The molecule has 0 aromatic heterocycles. The first-order valence-corrected chi connectivity index (χ1v) is 6.04. The molecule has 0 spiro atoms. The van der Waals surface area contributed by atoms with Gasteiger partial charge in [-0.2, -0.15) is 0 Å². The fourth-order valence-corrected chi connectivity index (χ4v) is 1.76. The second kappa shape index (κ2) is 6.14. The van der Waals surface area contributed by atoms with Crippen LogP contribution in [-0.4, -0.2) is 35.3 Å². The molecule has 1 atom stereocenters. The maximum absolute atomic E-state index is 13.1. The summed E-state index contributed by atoms with van der Waals surface area (Å²) in [4.78, 5) is 27.0. The van der Waals surface area contributed by atoms with Gasteiger partial charge in [-0.25, -0.2) is 4.39 Å². The van der Waals surface area contributed by atoms with Gasteiger partial charge in [0, 0.05) is 18.5 Å². The molecule has 2 rings (SSSR count). The minimum absolute atomic E-state index is 0.0311. The summed E-state index contributed by atoms with van der Waals surface area (Å²) in [6, 6.07) is 5.85. The summed E-state index contributed by atoms with van der Waals surface area (Å²) in [6.07, 6.45) is -0.736. The Bertz CT molecular complexity index is 559. The van der Waals surface area contributed by atoms with E-state index in [1.165, 1.54) is 12.1 Å². The Balaban J connectivity index is 1.88. The molecule has 0 fully saturated rings. The molecule has 0 saturated heterocycles. The van der Waals surface area contributed by atoms with E-state index in [1.807, 2.05) is 0 Å². The fraction of sp³-hybridized carbons (Fsp3) is 0.308. The Labute approximate surface area is 114 Å². The lowest BCUT2D eigenvalue weighted by molar-refractivity contribution is -0.137. The SMILES string of the molecule is O=C(O)CCNC(=O)C1CC(c2cccc(F)c2)=NO1. The van der Waals surface area contributed by atoms with Crippen molar-refractivity contribution in [2.45, 2.75) is 18.9 Å². The molecule has 1 aromatic carbocycles. The van der Waals surface area contributed by atoms with Crippen molar-refractivity contribution in [2.75, 3.05) is 6.54 Å². The van der Waals surface area contributed by atoms with Crippen LogP contribution >= 0.6 is 0 Å². The van der Waals surface area contributed by atoms with E-state index in [1.54, 1.807) is 12.1 Å². The highest BCUT2D eigenvalue weighted by Gasteiger charge is 2.28. The first-order chi connectivity index (χ1) is 9.56. The van der Waals surface area contributed by atoms with E-state index in [4.69, 9.17) is 9.94 Å². The van der Waals surface area contributed by atoms with Crippen molar-refractivity contribution in [3.05, 3.63) is 35.6 Å². The second-order valence-corrected chi connectivity index (χ2v) is 4.28. The van der Waals surface area contributed by atoms with Crippen molar-refractivity contribution in [1.29, 1.82) is 0 Å². The topological polar surface area (TPSA) is 88.0 Å². The maximum Gasteiger partial charge on any atom is 0.305 e. The number of carbonyl (C=O) groups excluding carboxylic acids is 1. The lowest BCUT2D eigenvalue weighted by Gasteiger charge is -2.08. The number of halogens is 1. The standard InChI is InChI=1S/C13H13FN2O4/c14-9-3-1-2-8(6-9)10-7-11(20-16-10)13(19)15-5-4-12(17)18/h1-3,6,11H,4-5,7H2,(H,15,19)(H,17,18). The molecule has 0 saturated carbocycles. The van der Waals surface area contributed by atoms with E-state index in [-0.39, 0.29) is 25.2 Å². The van der Waals surface area contributed by atoms with E-state index < -0.39 is 18.0 Å². The number of carbonyl (C=O) groups is 2. The number of aliphatic carboxylic acids is 1. The van der Waals surface area contributed by atoms with Crippen LogP contribution in [0.4, 0.5) is 4.39 Å². The molecule has 20 heavy (non-hydrogen) atoms. The van der Waals surface area contributed by atoms with Crippen molar-refractivity contribution >= 4 is 17.6 Å². The molecule has 2 N–H and O–H groups in total. The van der Waals surface area contributed by atoms with Gasteiger partial charge in [0.15, 0.2) is 0 Å². The van der Waals surface area contributed by atoms with Gasteiger partial charge >= 0.3 is 5.97 Å². The molecule has 1 aliphatic heterocycles. The van der Waals surface area contributed by atoms with E-state index >= 15 is 0 Å². The van der Waals surface area contributed by atoms with Crippen LogP contribution in [0.3, 0.4) is 0 Å². The first kappa shape index (κ1) is 14.0. The minimum atomic E-state index is -0.991. The number of amides is 1. The third-order valence-corrected chi connectivity index (χ3v) is 2.76. The van der Waals surface area contributed by atoms with Crippen LogP contribution < -0.4 is 5.32 Å². The van der Waals surface area contributed by atoms with Gasteiger partial charge < -0.3 is 15.3 Å². The number of hydrogen-bond donors (Lipinski definition) is 2. The average molecular weight is 280 g/mol. The summed E-state index contributed by atoms with van der Waals surface area (Å²) in [5.74, 6) is -1.81. The van der Waals surface area contributed by atoms with Crippen molar-refractivity contribution in [3.63, 3.8) is 0 Å². The summed E-state index contributed by atoms with van der Waals surface area (Å²) >= 11 is 0. The highest BCUT2D eigenvalue weighted by atomic mass is 19.1. The van der Waals surface area contributed by atoms with E-state index in [0.29, 0.717) is 11.3 Å². The van der Waals surface area contributed by atoms with Crippen LogP contribution in [0.25, 0.3) is 0 Å². The van der Waals surface area contributed by atoms with Crippen molar-refractivity contribution in [1.82, 2.24) is 5.32 Å². The summed E-state index contributed by atoms with van der Waals surface area (Å²) < 4.78 is 13.1. The number of nitrogens with one attached hydrogen (secondary N) is 1. The maximum atomic E-state index is 13.1. The predicted octanol–water partition coefficient (Wildman–Crippen LogP) is 0.910. The molecule has 1 unspecified atom stereocenters. The molecule has 106 valence electrons. The normalized spacial score (nSPS) is 17.2. The summed E-state index contributed by atoms with van der Waals surface area (Å²) in [5.41, 5.74) is 1.05. The lowest BCUT2D eigenvalue weighted by atomic mass is 10.0. The lowest BCUT2D eigenvalue weighted by Crippen LogP contribution is -2.36. The number of carboxylic acid groups (broad SMARTS) is 1. The van der Waals surface area contributed by atoms with Gasteiger partial charge in [-0.1, -0.05) is 17.3 Å². The van der Waals surface area contributed by atoms with E-state index in [2.05, 4.69) is 10.5 Å². The van der Waals surface area contributed by atoms with E-state index in [0.717, 1.165) is 0 Å². The number of hydrogen-bond acceptors (Lipinski definition) is 4. The largest absolute Gasteiger partial charge is 0.481 e. The quantitative estimate of drug-likeness (QED) is 0.839. The van der Waals surface area contributed by atoms with E-state index in [9.17, 15) is 14.0 Å². The Hall–Kier alpha value is -2.44. The number of carboxylic acids is 1. The van der Waals surface area contributed by atoms with Crippen molar-refractivity contribution in [3.8, 4) is 0 Å². The van der Waals surface area contributed by atoms with Crippen molar-refractivity contribution in [2.24, 2.45) is 5.16 Å². The van der Waals surface area contributed by atoms with Gasteiger partial charge in [0.1, 0.15) is 5.82 Å². The highest BCUT2D eigenvalue weighted by molar-refractivity contribution is 6.04. The summed E-state index contributed by atoms with van der Waals surface area (Å²) in [6.45, 7) is 0.0311. The molecule has 0 radical (unpaired) electrons. The van der Waals surface area contributed by atoms with Crippen LogP contribution in [0, 0.1) is 5.82 Å². The Morgan fingerprint density at radius 3 is 3.00 bits per heavy atom. The summed E-state index contributed by atoms with van der Waals surface area (Å²) in [7, 11) is 0. The smallest absolute Gasteiger partial charge is 0.305 e. The third-order valence-electron chi connectivity index (χ3n) is 2.76. The highest BCUT2D eigenvalue weighted by Crippen LogP contribution is 2.17. The second-order valence-electron chi connectivity index (χ2n) is 4.28. The number of oxime groups is 1. The zero-order chi connectivity index (χ0) is 14.5. The van der Waals surface area contributed by atoms with Gasteiger partial charge in [-0.05, 0) is 12.1 Å². The molecule has 1 heterocycles. The minimum Gasteiger partial charge on any atom is -0.481 e. The van der Waals surface area contributed by atoms with Crippen LogP contribution in [0.5, 0.6) is 0 Å². The Morgan fingerprint density at radius 2 is 2.30 bits per heavy atom. The average Bonchev–Trinajstić information content (AvgIpc) is 2.87. The molecule has 0 bridgehead atoms. The van der Waals surface area contributed by atoms with Gasteiger partial charge in [-0.15, -0.1) is 0 Å². The first-order valence-electron chi connectivity index (χ1n) is 6.04. The molecular formula is C13H13FN2O4. The molecule has 1 aliphatic rings. The molecule has 1 amide bonds. The Kier molecular flexibility index (Phi) is 4.29. The third kappa shape index (κ3) is 3.53. The zero-order valence-corrected chi connectivity index (χ0v) is 10.5. The van der Waals surface area contributed by atoms with Gasteiger partial charge in [0.2, 0.25) is 6.10 Å². The molecule has 1 aromatic rings. The molecule has 6 nitrogen and oxygen atoms in total. The zero-order valence-electron chi connectivity index (χ0n) is 10.5. The molecule has 7 heteroatoms. The van der Waals surface area contributed by atoms with Gasteiger partial charge in [0.25, 0.3) is 5.91 Å². The monoisotopic (exact) mass is 280 g/mol.